The van der Waals surface area contributed by atoms with Gasteiger partial charge in [-0.3, -0.25) is 9.59 Å². The predicted octanol–water partition coefficient (Wildman–Crippen LogP) is 2.54. The van der Waals surface area contributed by atoms with Crippen molar-refractivity contribution in [1.82, 2.24) is 14.5 Å². The number of para-hydroxylation sites is 1. The van der Waals surface area contributed by atoms with E-state index in [4.69, 9.17) is 5.11 Å². The molecule has 2 aromatic rings. The summed E-state index contributed by atoms with van der Waals surface area (Å²) in [5.74, 6) is -0.565. The summed E-state index contributed by atoms with van der Waals surface area (Å²) in [6, 6.07) is 8.44. The van der Waals surface area contributed by atoms with E-state index in [2.05, 4.69) is 54.9 Å². The number of carbonyl (C=O) groups excluding carboxylic acids is 1. The van der Waals surface area contributed by atoms with Gasteiger partial charge in [-0.05, 0) is 24.0 Å². The van der Waals surface area contributed by atoms with E-state index in [-0.39, 0.29) is 17.9 Å². The second kappa shape index (κ2) is 7.66. The molecule has 0 aliphatic carbocycles. The maximum atomic E-state index is 12.8. The van der Waals surface area contributed by atoms with E-state index in [1.54, 1.807) is 11.8 Å². The summed E-state index contributed by atoms with van der Waals surface area (Å²) in [6.45, 7) is 10.9. The zero-order valence-corrected chi connectivity index (χ0v) is 17.0. The molecule has 0 spiro atoms. The van der Waals surface area contributed by atoms with Gasteiger partial charge in [-0.1, -0.05) is 39.0 Å². The molecular formula is C21H28N4O3. The standard InChI is InChI=1S/C21H28N4O3/c1-15-22-17(13-25(15)14-19(26)27)20(28)24-11-9-23(10-12-24)18-8-6-5-7-16(18)21(2,3)4/h5-8,13H,9-12,14H2,1-4H3,(H,26,27). The van der Waals surface area contributed by atoms with Crippen LogP contribution in [0.3, 0.4) is 0 Å². The van der Waals surface area contributed by atoms with Crippen LogP contribution < -0.4 is 4.90 Å². The second-order valence-corrected chi connectivity index (χ2v) is 8.24. The molecule has 7 nitrogen and oxygen atoms in total. The summed E-state index contributed by atoms with van der Waals surface area (Å²) in [6.07, 6.45) is 1.53. The molecule has 2 heterocycles. The van der Waals surface area contributed by atoms with Crippen LogP contribution in [0.4, 0.5) is 5.69 Å². The van der Waals surface area contributed by atoms with Crippen molar-refractivity contribution in [2.24, 2.45) is 0 Å². The summed E-state index contributed by atoms with van der Waals surface area (Å²) in [7, 11) is 0. The molecule has 1 saturated heterocycles. The molecule has 0 saturated carbocycles. The zero-order chi connectivity index (χ0) is 20.5. The number of piperazine rings is 1. The number of aliphatic carboxylic acids is 1. The molecule has 0 bridgehead atoms. The first-order chi connectivity index (χ1) is 13.2. The third-order valence-corrected chi connectivity index (χ3v) is 5.12. The number of nitrogens with zero attached hydrogens (tertiary/aromatic N) is 4. The number of aryl methyl sites for hydroxylation is 1. The number of aromatic nitrogens is 2. The van der Waals surface area contributed by atoms with E-state index >= 15 is 0 Å². The summed E-state index contributed by atoms with van der Waals surface area (Å²) < 4.78 is 1.49. The van der Waals surface area contributed by atoms with Crippen LogP contribution in [-0.4, -0.2) is 57.6 Å². The van der Waals surface area contributed by atoms with Gasteiger partial charge in [-0.2, -0.15) is 0 Å². The number of anilines is 1. The molecule has 1 aliphatic rings. The first-order valence-electron chi connectivity index (χ1n) is 9.56. The fraction of sp³-hybridized carbons (Fsp3) is 0.476. The van der Waals surface area contributed by atoms with Crippen molar-refractivity contribution in [3.05, 3.63) is 47.5 Å². The number of amides is 1. The first-order valence-corrected chi connectivity index (χ1v) is 9.56. The van der Waals surface area contributed by atoms with Crippen LogP contribution in [0.2, 0.25) is 0 Å². The summed E-state index contributed by atoms with van der Waals surface area (Å²) >= 11 is 0. The highest BCUT2D eigenvalue weighted by Crippen LogP contribution is 2.32. The molecule has 150 valence electrons. The highest BCUT2D eigenvalue weighted by atomic mass is 16.4. The monoisotopic (exact) mass is 384 g/mol. The lowest BCUT2D eigenvalue weighted by Crippen LogP contribution is -2.49. The van der Waals surface area contributed by atoms with Crippen LogP contribution in [0.5, 0.6) is 0 Å². The van der Waals surface area contributed by atoms with Crippen molar-refractivity contribution in [3.63, 3.8) is 0 Å². The summed E-state index contributed by atoms with van der Waals surface area (Å²) in [5, 5.41) is 8.96. The molecular weight excluding hydrogens is 356 g/mol. The number of carboxylic acids is 1. The third kappa shape index (κ3) is 4.18. The molecule has 0 atom stereocenters. The lowest BCUT2D eigenvalue weighted by atomic mass is 9.85. The molecule has 1 aromatic heterocycles. The lowest BCUT2D eigenvalue weighted by molar-refractivity contribution is -0.137. The maximum Gasteiger partial charge on any atom is 0.323 e. The zero-order valence-electron chi connectivity index (χ0n) is 17.0. The Balaban J connectivity index is 1.69. The van der Waals surface area contributed by atoms with Gasteiger partial charge in [0.25, 0.3) is 5.91 Å². The van der Waals surface area contributed by atoms with Gasteiger partial charge in [-0.15, -0.1) is 0 Å². The van der Waals surface area contributed by atoms with Gasteiger partial charge < -0.3 is 19.5 Å². The van der Waals surface area contributed by atoms with Crippen LogP contribution in [0.1, 0.15) is 42.6 Å². The number of hydrogen-bond acceptors (Lipinski definition) is 4. The molecule has 28 heavy (non-hydrogen) atoms. The van der Waals surface area contributed by atoms with Crippen LogP contribution in [0, 0.1) is 6.92 Å². The Hall–Kier alpha value is -2.83. The van der Waals surface area contributed by atoms with E-state index in [0.29, 0.717) is 24.6 Å². The van der Waals surface area contributed by atoms with E-state index in [0.717, 1.165) is 13.1 Å². The Morgan fingerprint density at radius 1 is 1.11 bits per heavy atom. The first kappa shape index (κ1) is 19.9. The third-order valence-electron chi connectivity index (χ3n) is 5.12. The largest absolute Gasteiger partial charge is 0.480 e. The molecule has 7 heteroatoms. The van der Waals surface area contributed by atoms with Crippen molar-refractivity contribution in [2.75, 3.05) is 31.1 Å². The SMILES string of the molecule is Cc1nc(C(=O)N2CCN(c3ccccc3C(C)(C)C)CC2)cn1CC(=O)O. The van der Waals surface area contributed by atoms with Crippen molar-refractivity contribution < 1.29 is 14.7 Å². The van der Waals surface area contributed by atoms with E-state index < -0.39 is 5.97 Å². The minimum Gasteiger partial charge on any atom is -0.480 e. The van der Waals surface area contributed by atoms with E-state index in [1.165, 1.54) is 22.0 Å². The molecule has 1 aliphatic heterocycles. The van der Waals surface area contributed by atoms with Crippen molar-refractivity contribution in [3.8, 4) is 0 Å². The normalized spacial score (nSPS) is 15.0. The fourth-order valence-electron chi connectivity index (χ4n) is 3.61. The molecule has 1 N–H and O–H groups in total. The van der Waals surface area contributed by atoms with Crippen LogP contribution in [-0.2, 0) is 16.8 Å². The van der Waals surface area contributed by atoms with E-state index in [1.807, 2.05) is 0 Å². The Kier molecular flexibility index (Phi) is 5.45. The minimum atomic E-state index is -0.953. The van der Waals surface area contributed by atoms with Gasteiger partial charge in [0.1, 0.15) is 18.1 Å². The summed E-state index contributed by atoms with van der Waals surface area (Å²) in [4.78, 5) is 32.1. The van der Waals surface area contributed by atoms with Gasteiger partial charge in [0.2, 0.25) is 0 Å². The molecule has 3 rings (SSSR count). The second-order valence-electron chi connectivity index (χ2n) is 8.24. The predicted molar refractivity (Wildman–Crippen MR) is 108 cm³/mol. The van der Waals surface area contributed by atoms with Gasteiger partial charge in [0.05, 0.1) is 0 Å². The number of hydrogen-bond donors (Lipinski definition) is 1. The minimum absolute atomic E-state index is 0.0536. The van der Waals surface area contributed by atoms with Gasteiger partial charge in [0, 0.05) is 38.1 Å². The Morgan fingerprint density at radius 2 is 1.75 bits per heavy atom. The molecule has 0 radical (unpaired) electrons. The molecule has 0 unspecified atom stereocenters. The molecule has 1 fully saturated rings. The number of carbonyl (C=O) groups is 2. The molecule has 1 aromatic carbocycles. The van der Waals surface area contributed by atoms with Crippen molar-refractivity contribution in [2.45, 2.75) is 39.7 Å². The Labute approximate surface area is 165 Å². The number of carboxylic acid groups (broad SMARTS) is 1. The fourth-order valence-corrected chi connectivity index (χ4v) is 3.61. The number of imidazole rings is 1. The average Bonchev–Trinajstić information content (AvgIpc) is 3.00. The Bertz CT molecular complexity index is 874. The highest BCUT2D eigenvalue weighted by Gasteiger charge is 2.27. The maximum absolute atomic E-state index is 12.8. The summed E-state index contributed by atoms with van der Waals surface area (Å²) in [5.41, 5.74) is 2.89. The van der Waals surface area contributed by atoms with E-state index in [9.17, 15) is 9.59 Å². The quantitative estimate of drug-likeness (QED) is 0.876. The lowest BCUT2D eigenvalue weighted by Gasteiger charge is -2.38. The van der Waals surface area contributed by atoms with Gasteiger partial charge in [-0.25, -0.2) is 4.98 Å². The topological polar surface area (TPSA) is 78.7 Å². The van der Waals surface area contributed by atoms with Crippen LogP contribution in [0.25, 0.3) is 0 Å². The Morgan fingerprint density at radius 3 is 2.36 bits per heavy atom. The average molecular weight is 384 g/mol. The van der Waals surface area contributed by atoms with Crippen LogP contribution >= 0.6 is 0 Å². The number of rotatable bonds is 4. The molecule has 1 amide bonds. The van der Waals surface area contributed by atoms with Crippen molar-refractivity contribution >= 4 is 17.6 Å². The van der Waals surface area contributed by atoms with Gasteiger partial charge in [0.15, 0.2) is 0 Å². The van der Waals surface area contributed by atoms with Crippen molar-refractivity contribution in [1.29, 1.82) is 0 Å². The van der Waals surface area contributed by atoms with Gasteiger partial charge >= 0.3 is 5.97 Å². The van der Waals surface area contributed by atoms with Crippen LogP contribution in [0.15, 0.2) is 30.5 Å². The number of benzene rings is 1. The highest BCUT2D eigenvalue weighted by molar-refractivity contribution is 5.92. The smallest absolute Gasteiger partial charge is 0.323 e.